The van der Waals surface area contributed by atoms with Gasteiger partial charge in [-0.1, -0.05) is 20.8 Å². The lowest BCUT2D eigenvalue weighted by atomic mass is 9.87. The van der Waals surface area contributed by atoms with Crippen molar-refractivity contribution in [2.45, 2.75) is 45.7 Å². The van der Waals surface area contributed by atoms with Gasteiger partial charge in [0.15, 0.2) is 0 Å². The van der Waals surface area contributed by atoms with Crippen LogP contribution in [0.1, 0.15) is 33.6 Å². The second-order valence-electron chi connectivity index (χ2n) is 5.63. The second kappa shape index (κ2) is 5.46. The number of carbonyl (C=O) groups is 2. The van der Waals surface area contributed by atoms with Gasteiger partial charge in [-0.25, -0.2) is 5.48 Å². The largest absolute Gasteiger partial charge is 0.342 e. The van der Waals surface area contributed by atoms with Gasteiger partial charge >= 0.3 is 0 Å². The molecule has 6 heteroatoms. The van der Waals surface area contributed by atoms with E-state index in [1.54, 1.807) is 0 Å². The minimum Gasteiger partial charge on any atom is -0.342 e. The van der Waals surface area contributed by atoms with Gasteiger partial charge in [-0.3, -0.25) is 14.4 Å². The average Bonchev–Trinajstić information content (AvgIpc) is 2.47. The zero-order valence-electron chi connectivity index (χ0n) is 10.6. The van der Waals surface area contributed by atoms with Crippen LogP contribution in [-0.4, -0.2) is 30.5 Å². The predicted octanol–water partition coefficient (Wildman–Crippen LogP) is -0.314. The number of hydrogen-bond acceptors (Lipinski definition) is 4. The summed E-state index contributed by atoms with van der Waals surface area (Å²) in [6.07, 6.45) is 0.981. The summed E-state index contributed by atoms with van der Waals surface area (Å²) in [5.74, 6) is -0.532. The van der Waals surface area contributed by atoms with Gasteiger partial charge in [-0.2, -0.15) is 0 Å². The first-order chi connectivity index (χ1) is 7.78. The predicted molar refractivity (Wildman–Crippen MR) is 62.7 cm³/mol. The van der Waals surface area contributed by atoms with Gasteiger partial charge in [0.05, 0.1) is 0 Å². The molecule has 1 unspecified atom stereocenters. The van der Waals surface area contributed by atoms with E-state index in [-0.39, 0.29) is 36.3 Å². The van der Waals surface area contributed by atoms with Crippen LogP contribution in [-0.2, 0) is 14.4 Å². The molecule has 6 nitrogen and oxygen atoms in total. The van der Waals surface area contributed by atoms with Crippen LogP contribution < -0.4 is 16.5 Å². The van der Waals surface area contributed by atoms with Gasteiger partial charge < -0.3 is 11.1 Å². The van der Waals surface area contributed by atoms with Crippen LogP contribution in [0, 0.1) is 5.41 Å². The molecule has 0 bridgehead atoms. The van der Waals surface area contributed by atoms with Crippen molar-refractivity contribution in [3.63, 3.8) is 0 Å². The molecule has 1 saturated heterocycles. The van der Waals surface area contributed by atoms with Crippen LogP contribution >= 0.6 is 0 Å². The molecule has 1 heterocycles. The summed E-state index contributed by atoms with van der Waals surface area (Å²) in [7, 11) is 0. The Kier molecular flexibility index (Phi) is 4.47. The fourth-order valence-electron chi connectivity index (χ4n) is 1.80. The quantitative estimate of drug-likeness (QED) is 0.631. The fourth-order valence-corrected chi connectivity index (χ4v) is 1.80. The van der Waals surface area contributed by atoms with Crippen LogP contribution in [0.3, 0.4) is 0 Å². The van der Waals surface area contributed by atoms with E-state index in [4.69, 9.17) is 10.6 Å². The fraction of sp³-hybridized carbons (Fsp3) is 0.818. The molecule has 0 aliphatic carbocycles. The summed E-state index contributed by atoms with van der Waals surface area (Å²) in [4.78, 5) is 27.5. The van der Waals surface area contributed by atoms with Crippen molar-refractivity contribution in [1.29, 1.82) is 0 Å². The third-order valence-electron chi connectivity index (χ3n) is 2.40. The van der Waals surface area contributed by atoms with Gasteiger partial charge in [0.25, 0.3) is 5.91 Å². The Morgan fingerprint density at radius 1 is 1.65 bits per heavy atom. The normalized spacial score (nSPS) is 22.1. The highest BCUT2D eigenvalue weighted by Gasteiger charge is 2.27. The van der Waals surface area contributed by atoms with Gasteiger partial charge in [0, 0.05) is 12.5 Å². The summed E-state index contributed by atoms with van der Waals surface area (Å²) in [5.41, 5.74) is 8.15. The summed E-state index contributed by atoms with van der Waals surface area (Å²) in [6, 6.07) is -0.787. The zero-order chi connectivity index (χ0) is 13.1. The van der Waals surface area contributed by atoms with Crippen LogP contribution in [0.25, 0.3) is 0 Å². The second-order valence-corrected chi connectivity index (χ2v) is 5.63. The maximum Gasteiger partial charge on any atom is 0.268 e. The minimum atomic E-state index is -0.593. The lowest BCUT2D eigenvalue weighted by Gasteiger charge is -2.23. The molecule has 1 fully saturated rings. The topological polar surface area (TPSA) is 93.5 Å². The molecule has 1 aliphatic rings. The molecule has 0 aromatic carbocycles. The highest BCUT2D eigenvalue weighted by atomic mass is 16.7. The lowest BCUT2D eigenvalue weighted by molar-refractivity contribution is -0.128. The molecule has 98 valence electrons. The van der Waals surface area contributed by atoms with Crippen molar-refractivity contribution >= 4 is 11.8 Å². The summed E-state index contributed by atoms with van der Waals surface area (Å²) in [6.45, 7) is 6.38. The Morgan fingerprint density at radius 3 is 2.76 bits per heavy atom. The Hall–Kier alpha value is -1.14. The van der Waals surface area contributed by atoms with Crippen LogP contribution in [0.5, 0.6) is 0 Å². The molecule has 0 saturated carbocycles. The number of hydroxylamine groups is 1. The summed E-state index contributed by atoms with van der Waals surface area (Å²) < 4.78 is 0. The van der Waals surface area contributed by atoms with Gasteiger partial charge in [0.1, 0.15) is 12.6 Å². The first kappa shape index (κ1) is 13.9. The molecule has 0 spiro atoms. The van der Waals surface area contributed by atoms with E-state index in [2.05, 4.69) is 31.6 Å². The van der Waals surface area contributed by atoms with E-state index in [1.807, 2.05) is 0 Å². The van der Waals surface area contributed by atoms with Crippen molar-refractivity contribution in [3.8, 4) is 0 Å². The molecule has 2 amide bonds. The average molecular weight is 243 g/mol. The summed E-state index contributed by atoms with van der Waals surface area (Å²) in [5, 5.41) is 2.59. The number of carbonyl (C=O) groups excluding carboxylic acids is 2. The third kappa shape index (κ3) is 5.14. The number of hydrogen-bond donors (Lipinski definition) is 3. The van der Waals surface area contributed by atoms with E-state index in [1.165, 1.54) is 0 Å². The first-order valence-corrected chi connectivity index (χ1v) is 5.74. The Bertz CT molecular complexity index is 299. The van der Waals surface area contributed by atoms with Crippen molar-refractivity contribution in [3.05, 3.63) is 0 Å². The van der Waals surface area contributed by atoms with Crippen LogP contribution in [0.15, 0.2) is 0 Å². The minimum absolute atomic E-state index is 0.0908. The first-order valence-electron chi connectivity index (χ1n) is 5.74. The molecule has 0 aromatic rings. The molecule has 1 aliphatic heterocycles. The van der Waals surface area contributed by atoms with Crippen molar-refractivity contribution in [1.82, 2.24) is 10.8 Å². The van der Waals surface area contributed by atoms with E-state index in [9.17, 15) is 9.59 Å². The van der Waals surface area contributed by atoms with Crippen LogP contribution in [0.2, 0.25) is 0 Å². The smallest absolute Gasteiger partial charge is 0.268 e. The van der Waals surface area contributed by atoms with E-state index in [0.29, 0.717) is 0 Å². The molecule has 0 aromatic heterocycles. The highest BCUT2D eigenvalue weighted by molar-refractivity contribution is 5.88. The number of rotatable bonds is 4. The van der Waals surface area contributed by atoms with Crippen molar-refractivity contribution in [2.24, 2.45) is 11.1 Å². The van der Waals surface area contributed by atoms with E-state index in [0.717, 1.165) is 6.42 Å². The number of amides is 2. The van der Waals surface area contributed by atoms with E-state index >= 15 is 0 Å². The standard InChI is InChI=1S/C11H21N3O3/c1-11(2,3)5-7(12)4-9(15)13-8-6-17-14-10(8)16/h7-8H,4-6,12H2,1-3H3,(H,13,15)(H,14,16)/t7?,8-/m1/s1. The number of nitrogens with one attached hydrogen (secondary N) is 2. The molecule has 17 heavy (non-hydrogen) atoms. The lowest BCUT2D eigenvalue weighted by Crippen LogP contribution is -2.44. The third-order valence-corrected chi connectivity index (χ3v) is 2.40. The molecule has 2 atom stereocenters. The molecular formula is C11H21N3O3. The highest BCUT2D eigenvalue weighted by Crippen LogP contribution is 2.20. The maximum absolute atomic E-state index is 11.6. The van der Waals surface area contributed by atoms with Crippen molar-refractivity contribution < 1.29 is 14.4 Å². The Balaban J connectivity index is 2.31. The maximum atomic E-state index is 11.6. The monoisotopic (exact) mass is 243 g/mol. The van der Waals surface area contributed by atoms with E-state index < -0.39 is 6.04 Å². The van der Waals surface area contributed by atoms with Gasteiger partial charge in [-0.05, 0) is 11.8 Å². The number of nitrogens with two attached hydrogens (primary N) is 1. The van der Waals surface area contributed by atoms with Crippen molar-refractivity contribution in [2.75, 3.05) is 6.61 Å². The van der Waals surface area contributed by atoms with Gasteiger partial charge in [-0.15, -0.1) is 0 Å². The Labute approximate surface area is 101 Å². The molecule has 4 N–H and O–H groups in total. The summed E-state index contributed by atoms with van der Waals surface area (Å²) >= 11 is 0. The SMILES string of the molecule is CC(C)(C)CC(N)CC(=O)N[C@@H]1CONC1=O. The molecule has 1 rings (SSSR count). The van der Waals surface area contributed by atoms with Crippen LogP contribution in [0.4, 0.5) is 0 Å². The Morgan fingerprint density at radius 2 is 2.29 bits per heavy atom. The molecule has 0 radical (unpaired) electrons. The molecular weight excluding hydrogens is 222 g/mol. The van der Waals surface area contributed by atoms with Gasteiger partial charge in [0.2, 0.25) is 5.91 Å². The zero-order valence-corrected chi connectivity index (χ0v) is 10.6.